The lowest BCUT2D eigenvalue weighted by molar-refractivity contribution is -0.152. The number of hydrogen-bond acceptors (Lipinski definition) is 4. The second-order valence-electron chi connectivity index (χ2n) is 8.08. The summed E-state index contributed by atoms with van der Waals surface area (Å²) in [5, 5.41) is 0. The topological polar surface area (TPSA) is 44.8 Å². The van der Waals surface area contributed by atoms with Crippen LogP contribution >= 0.6 is 0 Å². The third kappa shape index (κ3) is 1.80. The van der Waals surface area contributed by atoms with Crippen LogP contribution < -0.4 is 9.47 Å². The molecule has 6 atom stereocenters. The van der Waals surface area contributed by atoms with Crippen LogP contribution in [0.4, 0.5) is 0 Å². The van der Waals surface area contributed by atoms with Crippen LogP contribution in [0, 0.1) is 17.8 Å². The van der Waals surface area contributed by atoms with Crippen molar-refractivity contribution in [3.63, 3.8) is 0 Å². The van der Waals surface area contributed by atoms with Crippen molar-refractivity contribution < 1.29 is 19.0 Å². The molecule has 2 bridgehead atoms. The normalized spacial score (nSPS) is 39.4. The van der Waals surface area contributed by atoms with Crippen LogP contribution in [0.2, 0.25) is 0 Å². The molecule has 0 amide bonds. The molecule has 4 unspecified atom stereocenters. The maximum absolute atomic E-state index is 11.6. The summed E-state index contributed by atoms with van der Waals surface area (Å²) in [6.45, 7) is 3.85. The van der Waals surface area contributed by atoms with E-state index in [1.165, 1.54) is 24.5 Å². The molecule has 1 aromatic rings. The van der Waals surface area contributed by atoms with Gasteiger partial charge in [0.2, 0.25) is 0 Å². The zero-order valence-corrected chi connectivity index (χ0v) is 15.0. The van der Waals surface area contributed by atoms with E-state index in [0.29, 0.717) is 17.8 Å². The molecule has 1 aliphatic heterocycles. The first-order valence-electron chi connectivity index (χ1n) is 9.29. The van der Waals surface area contributed by atoms with Gasteiger partial charge in [0.25, 0.3) is 0 Å². The quantitative estimate of drug-likeness (QED) is 0.611. The molecule has 1 aromatic carbocycles. The minimum Gasteiger partial charge on any atom is -0.493 e. The predicted octanol–water partition coefficient (Wildman–Crippen LogP) is 3.41. The number of allylic oxidation sites excluding steroid dienone is 1. The van der Waals surface area contributed by atoms with Gasteiger partial charge in [0.05, 0.1) is 7.11 Å². The molecule has 1 spiro atoms. The largest absolute Gasteiger partial charge is 0.493 e. The fourth-order valence-electron chi connectivity index (χ4n) is 6.02. The highest BCUT2D eigenvalue weighted by atomic mass is 16.6. The second kappa shape index (κ2) is 5.03. The zero-order chi connectivity index (χ0) is 17.3. The van der Waals surface area contributed by atoms with Gasteiger partial charge in [-0.2, -0.15) is 0 Å². The number of carbonyl (C=O) groups is 1. The van der Waals surface area contributed by atoms with Crippen LogP contribution in [-0.4, -0.2) is 25.3 Å². The molecule has 0 N–H and O–H groups in total. The first kappa shape index (κ1) is 15.3. The Morgan fingerprint density at radius 2 is 2.16 bits per heavy atom. The number of esters is 1. The highest BCUT2D eigenvalue weighted by Gasteiger charge is 2.65. The van der Waals surface area contributed by atoms with Crippen LogP contribution in [0.3, 0.4) is 0 Å². The van der Waals surface area contributed by atoms with Crippen molar-refractivity contribution in [1.82, 2.24) is 0 Å². The summed E-state index contributed by atoms with van der Waals surface area (Å²) in [5.41, 5.74) is 2.64. The van der Waals surface area contributed by atoms with E-state index in [0.717, 1.165) is 24.3 Å². The number of hydrogen-bond donors (Lipinski definition) is 0. The van der Waals surface area contributed by atoms with E-state index in [4.69, 9.17) is 14.2 Å². The number of benzene rings is 1. The van der Waals surface area contributed by atoms with E-state index >= 15 is 0 Å². The molecule has 4 heteroatoms. The summed E-state index contributed by atoms with van der Waals surface area (Å²) >= 11 is 0. The molecule has 0 radical (unpaired) electrons. The fraction of sp³-hybridized carbons (Fsp3) is 0.571. The molecule has 1 fully saturated rings. The SMILES string of the molecule is COc1ccc2c3c1OC1C(OC(C)=O)C=CC4[C@@H](C2)C(C)CC[C@]314. The summed E-state index contributed by atoms with van der Waals surface area (Å²) in [6, 6.07) is 4.24. The first-order chi connectivity index (χ1) is 12.1. The van der Waals surface area contributed by atoms with Crippen molar-refractivity contribution in [2.45, 2.75) is 50.7 Å². The van der Waals surface area contributed by atoms with Gasteiger partial charge in [0.1, 0.15) is 6.10 Å². The Bertz CT molecular complexity index is 782. The van der Waals surface area contributed by atoms with E-state index in [-0.39, 0.29) is 23.6 Å². The maximum Gasteiger partial charge on any atom is 0.303 e. The van der Waals surface area contributed by atoms with E-state index < -0.39 is 0 Å². The molecule has 3 aliphatic carbocycles. The van der Waals surface area contributed by atoms with Gasteiger partial charge in [-0.1, -0.05) is 19.1 Å². The smallest absolute Gasteiger partial charge is 0.303 e. The lowest BCUT2D eigenvalue weighted by Gasteiger charge is -2.55. The van der Waals surface area contributed by atoms with Gasteiger partial charge in [-0.25, -0.2) is 0 Å². The van der Waals surface area contributed by atoms with Crippen molar-refractivity contribution in [3.8, 4) is 11.5 Å². The Labute approximate surface area is 148 Å². The highest BCUT2D eigenvalue weighted by molar-refractivity contribution is 5.67. The third-order valence-corrected chi connectivity index (χ3v) is 7.01. The Hall–Kier alpha value is -1.97. The van der Waals surface area contributed by atoms with Gasteiger partial charge in [0, 0.05) is 17.9 Å². The van der Waals surface area contributed by atoms with Crippen molar-refractivity contribution in [2.24, 2.45) is 17.8 Å². The maximum atomic E-state index is 11.6. The van der Waals surface area contributed by atoms with E-state index in [9.17, 15) is 4.79 Å². The Morgan fingerprint density at radius 1 is 1.32 bits per heavy atom. The van der Waals surface area contributed by atoms with Gasteiger partial charge < -0.3 is 14.2 Å². The lowest BCUT2D eigenvalue weighted by Crippen LogP contribution is -2.60. The average molecular weight is 340 g/mol. The molecule has 1 heterocycles. The van der Waals surface area contributed by atoms with Crippen molar-refractivity contribution in [2.75, 3.05) is 7.11 Å². The lowest BCUT2D eigenvalue weighted by atomic mass is 9.48. The summed E-state index contributed by atoms with van der Waals surface area (Å²) in [7, 11) is 1.69. The molecule has 1 saturated carbocycles. The number of methoxy groups -OCH3 is 1. The van der Waals surface area contributed by atoms with Gasteiger partial charge in [-0.15, -0.1) is 0 Å². The van der Waals surface area contributed by atoms with Gasteiger partial charge in [-0.3, -0.25) is 4.79 Å². The van der Waals surface area contributed by atoms with E-state index in [2.05, 4.69) is 25.1 Å². The molecule has 0 aromatic heterocycles. The molecule has 132 valence electrons. The molecule has 25 heavy (non-hydrogen) atoms. The van der Waals surface area contributed by atoms with Crippen LogP contribution in [0.5, 0.6) is 11.5 Å². The summed E-state index contributed by atoms with van der Waals surface area (Å²) < 4.78 is 17.7. The zero-order valence-electron chi connectivity index (χ0n) is 15.0. The van der Waals surface area contributed by atoms with E-state index in [1.807, 2.05) is 6.07 Å². The van der Waals surface area contributed by atoms with Gasteiger partial charge in [-0.05, 0) is 54.7 Å². The summed E-state index contributed by atoms with van der Waals surface area (Å²) in [4.78, 5) is 11.6. The second-order valence-corrected chi connectivity index (χ2v) is 8.08. The predicted molar refractivity (Wildman–Crippen MR) is 92.9 cm³/mol. The third-order valence-electron chi connectivity index (χ3n) is 7.01. The number of ether oxygens (including phenoxy) is 3. The molecular formula is C21H24O4. The number of rotatable bonds is 2. The molecule has 4 aliphatic rings. The van der Waals surface area contributed by atoms with Crippen molar-refractivity contribution >= 4 is 5.97 Å². The average Bonchev–Trinajstić information content (AvgIpc) is 2.94. The van der Waals surface area contributed by atoms with Crippen LogP contribution in [-0.2, 0) is 21.4 Å². The van der Waals surface area contributed by atoms with Crippen LogP contribution in [0.1, 0.15) is 37.8 Å². The molecule has 4 nitrogen and oxygen atoms in total. The number of carbonyl (C=O) groups excluding carboxylic acids is 1. The van der Waals surface area contributed by atoms with E-state index in [1.54, 1.807) is 7.11 Å². The summed E-state index contributed by atoms with van der Waals surface area (Å²) in [5.74, 6) is 3.19. The van der Waals surface area contributed by atoms with Gasteiger partial charge >= 0.3 is 5.97 Å². The van der Waals surface area contributed by atoms with Crippen LogP contribution in [0.25, 0.3) is 0 Å². The minimum atomic E-state index is -0.328. The minimum absolute atomic E-state index is 0.0799. The van der Waals surface area contributed by atoms with Gasteiger partial charge in [0.15, 0.2) is 17.6 Å². The molecule has 0 saturated heterocycles. The fourth-order valence-corrected chi connectivity index (χ4v) is 6.02. The molecule has 5 rings (SSSR count). The summed E-state index contributed by atoms with van der Waals surface area (Å²) in [6.07, 6.45) is 7.26. The van der Waals surface area contributed by atoms with Crippen molar-refractivity contribution in [3.05, 3.63) is 35.4 Å². The standard InChI is InChI=1S/C21H24O4/c1-11-8-9-21-15-5-7-17(24-12(2)22)20(21)25-19-16(23-3)6-4-13(18(19)21)10-14(11)15/h4-7,11,14-15,17,20H,8-10H2,1-3H3/t11?,14-,15?,17?,20?,21-/m0/s1. The Balaban J connectivity index is 1.74. The van der Waals surface area contributed by atoms with Crippen LogP contribution in [0.15, 0.2) is 24.3 Å². The monoisotopic (exact) mass is 340 g/mol. The first-order valence-corrected chi connectivity index (χ1v) is 9.29. The molecular weight excluding hydrogens is 316 g/mol. The van der Waals surface area contributed by atoms with Crippen molar-refractivity contribution in [1.29, 1.82) is 0 Å². The Morgan fingerprint density at radius 3 is 2.92 bits per heavy atom. The Kier molecular flexibility index (Phi) is 3.08. The highest BCUT2D eigenvalue weighted by Crippen LogP contribution is 2.65.